The molecule has 1 rings (SSSR count). The maximum absolute atomic E-state index is 12.0. The molecule has 0 spiro atoms. The highest BCUT2D eigenvalue weighted by Crippen LogP contribution is 2.21. The fourth-order valence-electron chi connectivity index (χ4n) is 1.75. The Morgan fingerprint density at radius 1 is 1.09 bits per heavy atom. The summed E-state index contributed by atoms with van der Waals surface area (Å²) in [6.45, 7) is 3.68. The van der Waals surface area contributed by atoms with Gasteiger partial charge in [-0.3, -0.25) is 0 Å². The van der Waals surface area contributed by atoms with Gasteiger partial charge in [0.25, 0.3) is 0 Å². The van der Waals surface area contributed by atoms with Gasteiger partial charge in [0, 0.05) is 19.5 Å². The highest BCUT2D eigenvalue weighted by Gasteiger charge is 2.25. The second-order valence-electron chi connectivity index (χ2n) is 4.68. The van der Waals surface area contributed by atoms with E-state index in [0.717, 1.165) is 5.56 Å². The van der Waals surface area contributed by atoms with Crippen molar-refractivity contribution in [2.45, 2.75) is 38.9 Å². The van der Waals surface area contributed by atoms with Crippen LogP contribution in [0.2, 0.25) is 0 Å². The van der Waals surface area contributed by atoms with Crippen LogP contribution in [-0.2, 0) is 6.54 Å². The second-order valence-corrected chi connectivity index (χ2v) is 4.68. The Balaban J connectivity index is 0.00000441. The fourth-order valence-corrected chi connectivity index (χ4v) is 1.75. The molecule has 0 heterocycles. The topological polar surface area (TPSA) is 36.4 Å². The maximum atomic E-state index is 12.0. The molecule has 7 heteroatoms. The van der Waals surface area contributed by atoms with Gasteiger partial charge in [-0.1, -0.05) is 30.3 Å². The first-order valence-corrected chi connectivity index (χ1v) is 7.14. The SMILES string of the molecule is CCNC(=NCc1ccccc1)NCCCCC(F)(F)F.I. The number of hydrogen-bond donors (Lipinski definition) is 2. The Kier molecular flexibility index (Phi) is 11.0. The molecule has 0 aromatic heterocycles. The third kappa shape index (κ3) is 10.7. The first kappa shape index (κ1) is 21.0. The molecular formula is C15H23F3IN3. The predicted octanol–water partition coefficient (Wildman–Crippen LogP) is 4.09. The third-order valence-corrected chi connectivity index (χ3v) is 2.79. The quantitative estimate of drug-likeness (QED) is 0.297. The van der Waals surface area contributed by atoms with Crippen LogP contribution < -0.4 is 10.6 Å². The van der Waals surface area contributed by atoms with Crippen molar-refractivity contribution in [2.75, 3.05) is 13.1 Å². The van der Waals surface area contributed by atoms with E-state index in [1.807, 2.05) is 37.3 Å². The minimum absolute atomic E-state index is 0. The molecule has 0 saturated carbocycles. The van der Waals surface area contributed by atoms with Gasteiger partial charge in [0.15, 0.2) is 5.96 Å². The monoisotopic (exact) mass is 429 g/mol. The van der Waals surface area contributed by atoms with Crippen molar-refractivity contribution >= 4 is 29.9 Å². The number of nitrogens with zero attached hydrogens (tertiary/aromatic N) is 1. The lowest BCUT2D eigenvalue weighted by molar-refractivity contribution is -0.135. The van der Waals surface area contributed by atoms with E-state index in [9.17, 15) is 13.2 Å². The van der Waals surface area contributed by atoms with Gasteiger partial charge in [0.1, 0.15) is 0 Å². The number of halogens is 4. The van der Waals surface area contributed by atoms with Crippen LogP contribution in [0.4, 0.5) is 13.2 Å². The molecule has 0 atom stereocenters. The number of benzene rings is 1. The number of rotatable bonds is 7. The van der Waals surface area contributed by atoms with Gasteiger partial charge < -0.3 is 10.6 Å². The van der Waals surface area contributed by atoms with Crippen molar-refractivity contribution in [1.82, 2.24) is 10.6 Å². The average molecular weight is 429 g/mol. The summed E-state index contributed by atoms with van der Waals surface area (Å²) in [6.07, 6.45) is -4.19. The molecular weight excluding hydrogens is 406 g/mol. The Bertz CT molecular complexity index is 422. The second kappa shape index (κ2) is 11.6. The zero-order valence-corrected chi connectivity index (χ0v) is 14.9. The van der Waals surface area contributed by atoms with Crippen molar-refractivity contribution in [2.24, 2.45) is 4.99 Å². The smallest absolute Gasteiger partial charge is 0.357 e. The van der Waals surface area contributed by atoms with Crippen LogP contribution in [0.3, 0.4) is 0 Å². The van der Waals surface area contributed by atoms with Gasteiger partial charge >= 0.3 is 6.18 Å². The van der Waals surface area contributed by atoms with E-state index in [4.69, 9.17) is 0 Å². The van der Waals surface area contributed by atoms with Crippen LogP contribution in [0.5, 0.6) is 0 Å². The van der Waals surface area contributed by atoms with Crippen molar-refractivity contribution in [3.63, 3.8) is 0 Å². The third-order valence-electron chi connectivity index (χ3n) is 2.79. The highest BCUT2D eigenvalue weighted by atomic mass is 127. The molecule has 0 unspecified atom stereocenters. The summed E-state index contributed by atoms with van der Waals surface area (Å²) in [7, 11) is 0. The number of hydrogen-bond acceptors (Lipinski definition) is 1. The Morgan fingerprint density at radius 2 is 1.77 bits per heavy atom. The summed E-state index contributed by atoms with van der Waals surface area (Å²) >= 11 is 0. The summed E-state index contributed by atoms with van der Waals surface area (Å²) < 4.78 is 36.0. The molecule has 0 aliphatic carbocycles. The lowest BCUT2D eigenvalue weighted by atomic mass is 10.2. The van der Waals surface area contributed by atoms with Crippen LogP contribution in [0.1, 0.15) is 31.7 Å². The molecule has 0 amide bonds. The molecule has 0 bridgehead atoms. The summed E-state index contributed by atoms with van der Waals surface area (Å²) in [5.41, 5.74) is 1.09. The fraction of sp³-hybridized carbons (Fsp3) is 0.533. The molecule has 0 fully saturated rings. The molecule has 126 valence electrons. The molecule has 0 radical (unpaired) electrons. The Hall–Kier alpha value is -0.990. The van der Waals surface area contributed by atoms with Crippen LogP contribution >= 0.6 is 24.0 Å². The van der Waals surface area contributed by atoms with Gasteiger partial charge in [0.05, 0.1) is 6.54 Å². The molecule has 1 aromatic rings. The molecule has 1 aromatic carbocycles. The Morgan fingerprint density at radius 3 is 2.36 bits per heavy atom. The number of unbranched alkanes of at least 4 members (excludes halogenated alkanes) is 1. The van der Waals surface area contributed by atoms with Crippen LogP contribution in [-0.4, -0.2) is 25.2 Å². The number of alkyl halides is 3. The van der Waals surface area contributed by atoms with Crippen molar-refractivity contribution < 1.29 is 13.2 Å². The van der Waals surface area contributed by atoms with E-state index < -0.39 is 12.6 Å². The maximum Gasteiger partial charge on any atom is 0.389 e. The standard InChI is InChI=1S/C15H22F3N3.HI/c1-2-19-14(20-11-7-6-10-15(16,17)18)21-12-13-8-4-3-5-9-13;/h3-5,8-9H,2,6-7,10-12H2,1H3,(H2,19,20,21);1H. The molecule has 0 saturated heterocycles. The zero-order valence-electron chi connectivity index (χ0n) is 12.6. The summed E-state index contributed by atoms with van der Waals surface area (Å²) in [5.74, 6) is 0.633. The van der Waals surface area contributed by atoms with Crippen LogP contribution in [0, 0.1) is 0 Å². The zero-order chi connectivity index (χ0) is 15.6. The summed E-state index contributed by atoms with van der Waals surface area (Å²) in [4.78, 5) is 4.40. The van der Waals surface area contributed by atoms with E-state index >= 15 is 0 Å². The Labute approximate surface area is 146 Å². The number of guanidine groups is 1. The molecule has 0 aliphatic rings. The van der Waals surface area contributed by atoms with Gasteiger partial charge in [-0.25, -0.2) is 4.99 Å². The molecule has 0 aliphatic heterocycles. The van der Waals surface area contributed by atoms with E-state index in [2.05, 4.69) is 15.6 Å². The van der Waals surface area contributed by atoms with Crippen LogP contribution in [0.25, 0.3) is 0 Å². The van der Waals surface area contributed by atoms with Gasteiger partial charge in [-0.05, 0) is 25.3 Å². The van der Waals surface area contributed by atoms with Crippen LogP contribution in [0.15, 0.2) is 35.3 Å². The predicted molar refractivity (Wildman–Crippen MR) is 94.6 cm³/mol. The largest absolute Gasteiger partial charge is 0.389 e. The number of aliphatic imine (C=N–C) groups is 1. The molecule has 3 nitrogen and oxygen atoms in total. The highest BCUT2D eigenvalue weighted by molar-refractivity contribution is 14.0. The molecule has 2 N–H and O–H groups in total. The first-order valence-electron chi connectivity index (χ1n) is 7.14. The van der Waals surface area contributed by atoms with Gasteiger partial charge in [0.2, 0.25) is 0 Å². The van der Waals surface area contributed by atoms with Crippen molar-refractivity contribution in [3.8, 4) is 0 Å². The minimum Gasteiger partial charge on any atom is -0.357 e. The van der Waals surface area contributed by atoms with E-state index in [1.165, 1.54) is 0 Å². The van der Waals surface area contributed by atoms with Gasteiger partial charge in [-0.2, -0.15) is 13.2 Å². The normalized spacial score (nSPS) is 11.7. The van der Waals surface area contributed by atoms with E-state index in [-0.39, 0.29) is 30.4 Å². The first-order chi connectivity index (χ1) is 10.0. The number of nitrogens with one attached hydrogen (secondary N) is 2. The van der Waals surface area contributed by atoms with Gasteiger partial charge in [-0.15, -0.1) is 24.0 Å². The summed E-state index contributed by atoms with van der Waals surface area (Å²) in [6, 6.07) is 9.80. The summed E-state index contributed by atoms with van der Waals surface area (Å²) in [5, 5.41) is 6.13. The lowest BCUT2D eigenvalue weighted by Gasteiger charge is -2.11. The average Bonchev–Trinajstić information content (AvgIpc) is 2.44. The van der Waals surface area contributed by atoms with E-state index in [1.54, 1.807) is 0 Å². The lowest BCUT2D eigenvalue weighted by Crippen LogP contribution is -2.37. The van der Waals surface area contributed by atoms with Crippen molar-refractivity contribution in [1.29, 1.82) is 0 Å². The van der Waals surface area contributed by atoms with E-state index in [0.29, 0.717) is 32.0 Å². The minimum atomic E-state index is -4.06. The van der Waals surface area contributed by atoms with Crippen molar-refractivity contribution in [3.05, 3.63) is 35.9 Å². The molecule has 22 heavy (non-hydrogen) atoms.